The molecule has 0 spiro atoms. The summed E-state index contributed by atoms with van der Waals surface area (Å²) in [6, 6.07) is 14.9. The molecule has 0 aliphatic carbocycles. The van der Waals surface area contributed by atoms with E-state index in [-0.39, 0.29) is 18.0 Å². The molecule has 0 saturated heterocycles. The van der Waals surface area contributed by atoms with Crippen molar-refractivity contribution in [2.75, 3.05) is 6.61 Å². The van der Waals surface area contributed by atoms with Gasteiger partial charge in [-0.2, -0.15) is 0 Å². The highest BCUT2D eigenvalue weighted by Gasteiger charge is 2.11. The van der Waals surface area contributed by atoms with Crippen LogP contribution in [0.25, 0.3) is 10.9 Å². The summed E-state index contributed by atoms with van der Waals surface area (Å²) in [5, 5.41) is 11.6. The summed E-state index contributed by atoms with van der Waals surface area (Å²) in [6.45, 7) is 0.113. The number of aromatic nitrogens is 1. The number of nitrogens with one attached hydrogen (secondary N) is 1. The van der Waals surface area contributed by atoms with Crippen LogP contribution in [0, 0.1) is 5.92 Å². The van der Waals surface area contributed by atoms with Crippen molar-refractivity contribution in [2.24, 2.45) is 5.92 Å². The van der Waals surface area contributed by atoms with Crippen LogP contribution in [0.1, 0.15) is 30.5 Å². The van der Waals surface area contributed by atoms with Crippen molar-refractivity contribution >= 4 is 34.1 Å². The normalized spacial score (nSPS) is 12.4. The van der Waals surface area contributed by atoms with Gasteiger partial charge in [0.05, 0.1) is 10.0 Å². The Balaban J connectivity index is 1.54. The molecule has 0 saturated carbocycles. The predicted octanol–water partition coefficient (Wildman–Crippen LogP) is 5.40. The van der Waals surface area contributed by atoms with E-state index < -0.39 is 0 Å². The number of aryl methyl sites for hydroxylation is 1. The van der Waals surface area contributed by atoms with Gasteiger partial charge in [-0.1, -0.05) is 47.8 Å². The molecule has 0 radical (unpaired) electrons. The Hall–Kier alpha value is -1.81. The first kappa shape index (κ1) is 19.9. The first-order valence-corrected chi connectivity index (χ1v) is 9.98. The molecule has 2 aromatic carbocycles. The van der Waals surface area contributed by atoms with Gasteiger partial charge in [0.2, 0.25) is 0 Å². The number of aliphatic hydroxyl groups is 1. The summed E-state index contributed by atoms with van der Waals surface area (Å²) >= 11 is 12.0. The number of aliphatic hydroxyl groups excluding tert-OH is 1. The number of fused-ring (bicyclic) bond motifs is 1. The zero-order valence-electron chi connectivity index (χ0n) is 15.1. The van der Waals surface area contributed by atoms with E-state index in [0.29, 0.717) is 21.9 Å². The van der Waals surface area contributed by atoms with E-state index in [1.165, 1.54) is 5.56 Å². The van der Waals surface area contributed by atoms with Gasteiger partial charge < -0.3 is 10.1 Å². The fraction of sp³-hybridized carbons (Fsp3) is 0.318. The number of pyridine rings is 1. The van der Waals surface area contributed by atoms with Gasteiger partial charge in [-0.3, -0.25) is 4.79 Å². The van der Waals surface area contributed by atoms with Crippen LogP contribution in [0.3, 0.4) is 0 Å². The van der Waals surface area contributed by atoms with Gasteiger partial charge in [0, 0.05) is 29.3 Å². The van der Waals surface area contributed by atoms with Crippen molar-refractivity contribution in [1.29, 1.82) is 0 Å². The molecule has 3 nitrogen and oxygen atoms in total. The lowest BCUT2D eigenvalue weighted by Crippen LogP contribution is -2.13. The number of unbranched alkanes of at least 4 members (excludes halogenated alkanes) is 1. The number of benzene rings is 2. The van der Waals surface area contributed by atoms with Gasteiger partial charge in [0.1, 0.15) is 0 Å². The maximum absolute atomic E-state index is 12.2. The lowest BCUT2D eigenvalue weighted by atomic mass is 9.95. The molecule has 0 fully saturated rings. The number of para-hydroxylation sites is 1. The predicted molar refractivity (Wildman–Crippen MR) is 113 cm³/mol. The average molecular weight is 404 g/mol. The van der Waals surface area contributed by atoms with Crippen molar-refractivity contribution in [3.63, 3.8) is 0 Å². The number of H-pyrrole nitrogens is 1. The molecule has 142 valence electrons. The molecule has 1 heterocycles. The topological polar surface area (TPSA) is 53.1 Å². The van der Waals surface area contributed by atoms with E-state index in [0.717, 1.165) is 36.9 Å². The minimum absolute atomic E-state index is 0.0238. The van der Waals surface area contributed by atoms with Crippen molar-refractivity contribution < 1.29 is 5.11 Å². The van der Waals surface area contributed by atoms with Crippen LogP contribution in [0.4, 0.5) is 0 Å². The van der Waals surface area contributed by atoms with Gasteiger partial charge in [0.25, 0.3) is 0 Å². The minimum Gasteiger partial charge on any atom is -0.396 e. The van der Waals surface area contributed by atoms with E-state index in [9.17, 15) is 9.90 Å². The molecular weight excluding hydrogens is 381 g/mol. The summed E-state index contributed by atoms with van der Waals surface area (Å²) in [7, 11) is 0. The van der Waals surface area contributed by atoms with Crippen LogP contribution in [0.15, 0.2) is 53.3 Å². The lowest BCUT2D eigenvalue weighted by molar-refractivity contribution is 0.214. The van der Waals surface area contributed by atoms with Crippen LogP contribution in [0.2, 0.25) is 10.0 Å². The Morgan fingerprint density at radius 2 is 1.81 bits per heavy atom. The van der Waals surface area contributed by atoms with Crippen molar-refractivity contribution in [3.05, 3.63) is 80.1 Å². The molecule has 3 rings (SSSR count). The maximum Gasteiger partial charge on any atom is 0.189 e. The van der Waals surface area contributed by atoms with Crippen LogP contribution < -0.4 is 5.43 Å². The summed E-state index contributed by atoms with van der Waals surface area (Å²) in [4.78, 5) is 15.6. The molecule has 1 atom stereocenters. The zero-order chi connectivity index (χ0) is 19.2. The van der Waals surface area contributed by atoms with Gasteiger partial charge >= 0.3 is 0 Å². The Morgan fingerprint density at radius 3 is 2.59 bits per heavy atom. The van der Waals surface area contributed by atoms with Crippen LogP contribution in [-0.2, 0) is 12.8 Å². The van der Waals surface area contributed by atoms with Gasteiger partial charge in [-0.05, 0) is 61.4 Å². The quantitative estimate of drug-likeness (QED) is 0.494. The van der Waals surface area contributed by atoms with Gasteiger partial charge in [-0.25, -0.2) is 0 Å². The highest BCUT2D eigenvalue weighted by Crippen LogP contribution is 2.24. The molecular formula is C22H23Cl2NO2. The van der Waals surface area contributed by atoms with E-state index in [2.05, 4.69) is 4.98 Å². The Morgan fingerprint density at radius 1 is 1.00 bits per heavy atom. The molecule has 27 heavy (non-hydrogen) atoms. The number of halogens is 2. The fourth-order valence-corrected chi connectivity index (χ4v) is 3.71. The summed E-state index contributed by atoms with van der Waals surface area (Å²) in [5.41, 5.74) is 2.91. The van der Waals surface area contributed by atoms with Gasteiger partial charge in [-0.15, -0.1) is 0 Å². The number of hydrogen-bond acceptors (Lipinski definition) is 2. The Bertz CT molecular complexity index is 968. The molecule has 1 aromatic heterocycles. The molecule has 5 heteroatoms. The van der Waals surface area contributed by atoms with E-state index in [1.807, 2.05) is 42.5 Å². The second kappa shape index (κ2) is 9.41. The Labute approximate surface area is 169 Å². The van der Waals surface area contributed by atoms with Crippen LogP contribution in [-0.4, -0.2) is 16.7 Å². The monoisotopic (exact) mass is 403 g/mol. The second-order valence-corrected chi connectivity index (χ2v) is 7.77. The van der Waals surface area contributed by atoms with Crippen molar-refractivity contribution in [1.82, 2.24) is 4.98 Å². The van der Waals surface area contributed by atoms with E-state index >= 15 is 0 Å². The highest BCUT2D eigenvalue weighted by atomic mass is 35.5. The molecule has 2 N–H and O–H groups in total. The lowest BCUT2D eigenvalue weighted by Gasteiger charge is -2.14. The zero-order valence-corrected chi connectivity index (χ0v) is 16.6. The van der Waals surface area contributed by atoms with E-state index in [4.69, 9.17) is 23.2 Å². The summed E-state index contributed by atoms with van der Waals surface area (Å²) in [6.07, 6.45) is 4.53. The SMILES string of the molecule is O=c1cc(C[C@@H](CO)CCCCc2ccc(Cl)c(Cl)c2)[nH]c2ccccc12. The third-order valence-corrected chi connectivity index (χ3v) is 5.61. The largest absolute Gasteiger partial charge is 0.396 e. The van der Waals surface area contributed by atoms with Gasteiger partial charge in [0.15, 0.2) is 5.43 Å². The molecule has 0 aliphatic heterocycles. The number of aromatic amines is 1. The standard InChI is InChI=1S/C22H23Cl2NO2/c23-19-10-9-15(12-20(19)24)5-1-2-6-16(14-26)11-17-13-22(27)18-7-3-4-8-21(18)25-17/h3-4,7-10,12-13,16,26H,1-2,5-6,11,14H2,(H,25,27)/t16-/m0/s1. The first-order chi connectivity index (χ1) is 13.1. The highest BCUT2D eigenvalue weighted by molar-refractivity contribution is 6.42. The fourth-order valence-electron chi connectivity index (χ4n) is 3.39. The molecule has 0 aliphatic rings. The second-order valence-electron chi connectivity index (χ2n) is 6.95. The first-order valence-electron chi connectivity index (χ1n) is 9.22. The third-order valence-electron chi connectivity index (χ3n) is 4.87. The number of hydrogen-bond donors (Lipinski definition) is 2. The Kier molecular flexibility index (Phi) is 6.95. The van der Waals surface area contributed by atoms with E-state index in [1.54, 1.807) is 6.07 Å². The molecule has 3 aromatic rings. The summed E-state index contributed by atoms with van der Waals surface area (Å²) < 4.78 is 0. The average Bonchev–Trinajstić information content (AvgIpc) is 2.67. The van der Waals surface area contributed by atoms with Crippen molar-refractivity contribution in [2.45, 2.75) is 32.1 Å². The minimum atomic E-state index is 0.0238. The summed E-state index contributed by atoms with van der Waals surface area (Å²) in [5.74, 6) is 0.135. The van der Waals surface area contributed by atoms with Crippen LogP contribution in [0.5, 0.6) is 0 Å². The molecule has 0 amide bonds. The van der Waals surface area contributed by atoms with Crippen molar-refractivity contribution in [3.8, 4) is 0 Å². The number of rotatable bonds is 8. The maximum atomic E-state index is 12.2. The van der Waals surface area contributed by atoms with Crippen LogP contribution >= 0.6 is 23.2 Å². The third kappa shape index (κ3) is 5.35. The smallest absolute Gasteiger partial charge is 0.189 e. The molecule has 0 unspecified atom stereocenters. The molecule has 0 bridgehead atoms.